The van der Waals surface area contributed by atoms with Crippen LogP contribution in [0.5, 0.6) is 0 Å². The fourth-order valence-electron chi connectivity index (χ4n) is 2.85. The molecule has 2 aliphatic carbocycles. The Bertz CT molecular complexity index is 436. The molecule has 3 rings (SSSR count). The number of aromatic nitrogens is 2. The van der Waals surface area contributed by atoms with E-state index in [4.69, 9.17) is 0 Å². The minimum absolute atomic E-state index is 0.202. The molecule has 1 aromatic heterocycles. The molecule has 1 heterocycles. The Morgan fingerprint density at radius 2 is 2.18 bits per heavy atom. The zero-order valence-corrected chi connectivity index (χ0v) is 10.0. The number of carbonyl (C=O) groups is 1. The summed E-state index contributed by atoms with van der Waals surface area (Å²) in [6.07, 6.45) is 5.28. The van der Waals surface area contributed by atoms with Gasteiger partial charge in [0.1, 0.15) is 5.82 Å². The number of rotatable bonds is 3. The van der Waals surface area contributed by atoms with E-state index in [1.54, 1.807) is 6.20 Å². The predicted molar refractivity (Wildman–Crippen MR) is 62.9 cm³/mol. The molecular weight excluding hydrogens is 214 g/mol. The Balaban J connectivity index is 1.52. The molecule has 90 valence electrons. The summed E-state index contributed by atoms with van der Waals surface area (Å²) in [7, 11) is 0. The standard InChI is InChI=1S/C13H17N3O/c1-8-14-3-2-12(16-8)7-15-13(17)11-5-9-4-10(9)6-11/h2-3,9-11H,4-7H2,1H3,(H,15,17). The number of amides is 1. The zero-order chi connectivity index (χ0) is 11.8. The first-order valence-electron chi connectivity index (χ1n) is 6.28. The van der Waals surface area contributed by atoms with E-state index in [9.17, 15) is 4.79 Å². The third kappa shape index (κ3) is 2.30. The van der Waals surface area contributed by atoms with Gasteiger partial charge < -0.3 is 5.32 Å². The van der Waals surface area contributed by atoms with Gasteiger partial charge >= 0.3 is 0 Å². The summed E-state index contributed by atoms with van der Waals surface area (Å²) >= 11 is 0. The molecule has 17 heavy (non-hydrogen) atoms. The fraction of sp³-hybridized carbons (Fsp3) is 0.615. The molecule has 2 fully saturated rings. The number of hydrogen-bond acceptors (Lipinski definition) is 3. The van der Waals surface area contributed by atoms with Crippen LogP contribution < -0.4 is 5.32 Å². The molecule has 2 aliphatic rings. The van der Waals surface area contributed by atoms with Crippen LogP contribution in [0.4, 0.5) is 0 Å². The molecule has 0 bridgehead atoms. The van der Waals surface area contributed by atoms with Crippen molar-refractivity contribution in [1.29, 1.82) is 0 Å². The van der Waals surface area contributed by atoms with Gasteiger partial charge in [0.2, 0.25) is 5.91 Å². The van der Waals surface area contributed by atoms with E-state index < -0.39 is 0 Å². The maximum absolute atomic E-state index is 11.9. The monoisotopic (exact) mass is 231 g/mol. The lowest BCUT2D eigenvalue weighted by molar-refractivity contribution is -0.125. The van der Waals surface area contributed by atoms with Crippen molar-refractivity contribution in [3.05, 3.63) is 23.8 Å². The van der Waals surface area contributed by atoms with Crippen molar-refractivity contribution in [2.75, 3.05) is 0 Å². The molecule has 4 nitrogen and oxygen atoms in total. The highest BCUT2D eigenvalue weighted by Crippen LogP contribution is 2.54. The van der Waals surface area contributed by atoms with Gasteiger partial charge in [-0.25, -0.2) is 9.97 Å². The van der Waals surface area contributed by atoms with Crippen LogP contribution in [-0.2, 0) is 11.3 Å². The molecule has 1 N–H and O–H groups in total. The fourth-order valence-corrected chi connectivity index (χ4v) is 2.85. The molecule has 0 spiro atoms. The van der Waals surface area contributed by atoms with Crippen LogP contribution in [0.25, 0.3) is 0 Å². The Kier molecular flexibility index (Phi) is 2.57. The van der Waals surface area contributed by atoms with Gasteiger partial charge in [-0.05, 0) is 44.1 Å². The second-order valence-corrected chi connectivity index (χ2v) is 5.24. The molecular formula is C13H17N3O. The normalized spacial score (nSPS) is 29.8. The molecule has 0 aromatic carbocycles. The lowest BCUT2D eigenvalue weighted by atomic mass is 10.0. The smallest absolute Gasteiger partial charge is 0.223 e. The van der Waals surface area contributed by atoms with Crippen molar-refractivity contribution in [2.24, 2.45) is 17.8 Å². The van der Waals surface area contributed by atoms with Crippen LogP contribution >= 0.6 is 0 Å². The second kappa shape index (κ2) is 4.09. The van der Waals surface area contributed by atoms with E-state index in [1.807, 2.05) is 13.0 Å². The molecule has 0 aliphatic heterocycles. The quantitative estimate of drug-likeness (QED) is 0.856. The second-order valence-electron chi connectivity index (χ2n) is 5.24. The molecule has 4 heteroatoms. The number of carbonyl (C=O) groups excluding carboxylic acids is 1. The van der Waals surface area contributed by atoms with Gasteiger partial charge in [-0.15, -0.1) is 0 Å². The van der Waals surface area contributed by atoms with Gasteiger partial charge in [0.05, 0.1) is 12.2 Å². The summed E-state index contributed by atoms with van der Waals surface area (Å²) < 4.78 is 0. The maximum Gasteiger partial charge on any atom is 0.223 e. The molecule has 0 radical (unpaired) electrons. The highest BCUT2D eigenvalue weighted by Gasteiger charge is 2.47. The minimum Gasteiger partial charge on any atom is -0.350 e. The first-order valence-corrected chi connectivity index (χ1v) is 6.28. The third-order valence-corrected chi connectivity index (χ3v) is 3.89. The largest absolute Gasteiger partial charge is 0.350 e. The van der Waals surface area contributed by atoms with Gasteiger partial charge in [0.25, 0.3) is 0 Å². The van der Waals surface area contributed by atoms with E-state index in [1.165, 1.54) is 6.42 Å². The van der Waals surface area contributed by atoms with Crippen LogP contribution in [0.1, 0.15) is 30.8 Å². The van der Waals surface area contributed by atoms with Crippen molar-refractivity contribution in [1.82, 2.24) is 15.3 Å². The van der Waals surface area contributed by atoms with Crippen LogP contribution in [0.15, 0.2) is 12.3 Å². The summed E-state index contributed by atoms with van der Waals surface area (Å²) in [6.45, 7) is 2.38. The summed E-state index contributed by atoms with van der Waals surface area (Å²) in [5, 5.41) is 2.98. The van der Waals surface area contributed by atoms with E-state index in [0.29, 0.717) is 6.54 Å². The Morgan fingerprint density at radius 3 is 2.88 bits per heavy atom. The highest BCUT2D eigenvalue weighted by molar-refractivity contribution is 5.79. The van der Waals surface area contributed by atoms with Crippen molar-refractivity contribution in [3.8, 4) is 0 Å². The van der Waals surface area contributed by atoms with Crippen molar-refractivity contribution in [3.63, 3.8) is 0 Å². The molecule has 2 unspecified atom stereocenters. The highest BCUT2D eigenvalue weighted by atomic mass is 16.1. The Morgan fingerprint density at radius 1 is 1.41 bits per heavy atom. The van der Waals surface area contributed by atoms with Crippen LogP contribution in [0.3, 0.4) is 0 Å². The number of fused-ring (bicyclic) bond motifs is 1. The van der Waals surface area contributed by atoms with Gasteiger partial charge in [0, 0.05) is 12.1 Å². The summed E-state index contributed by atoms with van der Waals surface area (Å²) in [6, 6.07) is 1.85. The van der Waals surface area contributed by atoms with Gasteiger partial charge in [0.15, 0.2) is 0 Å². The van der Waals surface area contributed by atoms with Crippen LogP contribution in [0, 0.1) is 24.7 Å². The minimum atomic E-state index is 0.202. The van der Waals surface area contributed by atoms with Crippen LogP contribution in [-0.4, -0.2) is 15.9 Å². The van der Waals surface area contributed by atoms with Gasteiger partial charge in [-0.3, -0.25) is 4.79 Å². The maximum atomic E-state index is 11.9. The topological polar surface area (TPSA) is 54.9 Å². The first kappa shape index (κ1) is 10.7. The third-order valence-electron chi connectivity index (χ3n) is 3.89. The average molecular weight is 231 g/mol. The van der Waals surface area contributed by atoms with Crippen molar-refractivity contribution < 1.29 is 4.79 Å². The Labute approximate surface area is 101 Å². The molecule has 1 aromatic rings. The van der Waals surface area contributed by atoms with E-state index in [2.05, 4.69) is 15.3 Å². The SMILES string of the molecule is Cc1nccc(CNC(=O)C2CC3CC3C2)n1. The van der Waals surface area contributed by atoms with Crippen molar-refractivity contribution in [2.45, 2.75) is 32.7 Å². The van der Waals surface area contributed by atoms with E-state index in [0.717, 1.165) is 36.2 Å². The number of aryl methyl sites for hydroxylation is 1. The number of nitrogens with one attached hydrogen (secondary N) is 1. The molecule has 2 atom stereocenters. The molecule has 0 saturated heterocycles. The van der Waals surface area contributed by atoms with Gasteiger partial charge in [-0.2, -0.15) is 0 Å². The van der Waals surface area contributed by atoms with E-state index >= 15 is 0 Å². The summed E-state index contributed by atoms with van der Waals surface area (Å²) in [5.74, 6) is 2.91. The lowest BCUT2D eigenvalue weighted by Gasteiger charge is -2.11. The van der Waals surface area contributed by atoms with Crippen molar-refractivity contribution >= 4 is 5.91 Å². The summed E-state index contributed by atoms with van der Waals surface area (Å²) in [4.78, 5) is 20.2. The van der Waals surface area contributed by atoms with Gasteiger partial charge in [-0.1, -0.05) is 0 Å². The first-order chi connectivity index (χ1) is 8.22. The predicted octanol–water partition coefficient (Wildman–Crippen LogP) is 1.45. The zero-order valence-electron chi connectivity index (χ0n) is 10.0. The van der Waals surface area contributed by atoms with E-state index in [-0.39, 0.29) is 11.8 Å². The number of hydrogen-bond donors (Lipinski definition) is 1. The number of nitrogens with zero attached hydrogens (tertiary/aromatic N) is 2. The summed E-state index contributed by atoms with van der Waals surface area (Å²) in [5.41, 5.74) is 0.883. The molecule has 2 saturated carbocycles. The average Bonchev–Trinajstić information content (AvgIpc) is 2.93. The Hall–Kier alpha value is -1.45. The lowest BCUT2D eigenvalue weighted by Crippen LogP contribution is -2.29. The van der Waals surface area contributed by atoms with Crippen LogP contribution in [0.2, 0.25) is 0 Å². The molecule has 1 amide bonds.